The van der Waals surface area contributed by atoms with Gasteiger partial charge in [0.25, 0.3) is 0 Å². The van der Waals surface area contributed by atoms with E-state index in [0.717, 1.165) is 25.9 Å². The zero-order valence-corrected chi connectivity index (χ0v) is 18.2. The van der Waals surface area contributed by atoms with Crippen molar-refractivity contribution >= 4 is 12.0 Å². The number of aromatic nitrogens is 6. The Morgan fingerprint density at radius 1 is 1.15 bits per heavy atom. The van der Waals surface area contributed by atoms with Crippen molar-refractivity contribution in [2.24, 2.45) is 0 Å². The molecule has 2 saturated heterocycles. The maximum absolute atomic E-state index is 13.0. The van der Waals surface area contributed by atoms with Gasteiger partial charge < -0.3 is 19.6 Å². The van der Waals surface area contributed by atoms with Crippen LogP contribution < -0.4 is 0 Å². The van der Waals surface area contributed by atoms with Crippen molar-refractivity contribution in [2.75, 3.05) is 39.3 Å². The minimum atomic E-state index is -0.768. The Morgan fingerprint density at radius 2 is 1.97 bits per heavy atom. The van der Waals surface area contributed by atoms with Crippen molar-refractivity contribution in [3.63, 3.8) is 0 Å². The van der Waals surface area contributed by atoms with Crippen LogP contribution in [0, 0.1) is 0 Å². The van der Waals surface area contributed by atoms with Crippen LogP contribution >= 0.6 is 0 Å². The number of carbonyl (C=O) groups is 2. The number of aliphatic hydroxyl groups is 1. The standard InChI is InChI=1S/C20H25N9O4/c1-13-16(11-33-19(13)31)28-7-6-27(20(28)32)14-2-4-26(5-3-14)10-17(30)15-8-22-18(9-21-15)29-12-23-24-25-29/h8-9,12,14,17,30H,2-7,10-11H2,1H3. The lowest BCUT2D eigenvalue weighted by Crippen LogP contribution is -2.47. The van der Waals surface area contributed by atoms with E-state index in [0.29, 0.717) is 42.4 Å². The lowest BCUT2D eigenvalue weighted by Gasteiger charge is -2.37. The number of likely N-dealkylation sites (tertiary alicyclic amines) is 1. The highest BCUT2D eigenvalue weighted by atomic mass is 16.5. The summed E-state index contributed by atoms with van der Waals surface area (Å²) >= 11 is 0. The first kappa shape index (κ1) is 21.4. The molecule has 0 aliphatic carbocycles. The number of hydrogen-bond donors (Lipinski definition) is 1. The Labute approximate surface area is 189 Å². The number of amides is 2. The van der Waals surface area contributed by atoms with Crippen molar-refractivity contribution in [3.05, 3.63) is 35.7 Å². The molecule has 1 unspecified atom stereocenters. The van der Waals surface area contributed by atoms with Gasteiger partial charge in [0.1, 0.15) is 19.0 Å². The van der Waals surface area contributed by atoms with Gasteiger partial charge in [-0.3, -0.25) is 9.88 Å². The summed E-state index contributed by atoms with van der Waals surface area (Å²) in [5.74, 6) is 0.124. The summed E-state index contributed by atoms with van der Waals surface area (Å²) in [6.45, 7) is 5.06. The molecule has 3 aliphatic heterocycles. The predicted molar refractivity (Wildman–Crippen MR) is 112 cm³/mol. The average Bonchev–Trinajstić information content (AvgIpc) is 3.57. The van der Waals surface area contributed by atoms with Crippen molar-refractivity contribution in [3.8, 4) is 5.82 Å². The molecule has 13 heteroatoms. The molecule has 0 aromatic carbocycles. The van der Waals surface area contributed by atoms with Crippen molar-refractivity contribution in [1.82, 2.24) is 44.9 Å². The molecule has 174 valence electrons. The fourth-order valence-corrected chi connectivity index (χ4v) is 4.53. The van der Waals surface area contributed by atoms with E-state index in [-0.39, 0.29) is 24.6 Å². The molecule has 0 spiro atoms. The van der Waals surface area contributed by atoms with Gasteiger partial charge in [-0.15, -0.1) is 5.10 Å². The summed E-state index contributed by atoms with van der Waals surface area (Å²) in [5.41, 5.74) is 1.68. The number of cyclic esters (lactones) is 1. The third-order valence-electron chi connectivity index (χ3n) is 6.46. The van der Waals surface area contributed by atoms with Crippen molar-refractivity contribution in [2.45, 2.75) is 31.9 Å². The Bertz CT molecular complexity index is 1050. The van der Waals surface area contributed by atoms with Crippen LogP contribution in [0.5, 0.6) is 0 Å². The summed E-state index contributed by atoms with van der Waals surface area (Å²) in [7, 11) is 0. The third-order valence-corrected chi connectivity index (χ3v) is 6.46. The van der Waals surface area contributed by atoms with Gasteiger partial charge in [-0.1, -0.05) is 0 Å². The van der Waals surface area contributed by atoms with E-state index in [1.807, 2.05) is 4.90 Å². The van der Waals surface area contributed by atoms with E-state index in [1.165, 1.54) is 23.4 Å². The molecule has 33 heavy (non-hydrogen) atoms. The predicted octanol–water partition coefficient (Wildman–Crippen LogP) is -0.481. The second-order valence-corrected chi connectivity index (χ2v) is 8.38. The van der Waals surface area contributed by atoms with Gasteiger partial charge in [-0.2, -0.15) is 4.68 Å². The van der Waals surface area contributed by atoms with Crippen LogP contribution in [0.15, 0.2) is 30.0 Å². The third kappa shape index (κ3) is 4.16. The maximum atomic E-state index is 13.0. The number of tetrazole rings is 1. The summed E-state index contributed by atoms with van der Waals surface area (Å²) in [6, 6.07) is 0.0873. The van der Waals surface area contributed by atoms with Crippen LogP contribution in [0.4, 0.5) is 4.79 Å². The topological polar surface area (TPSA) is 143 Å². The number of β-amino-alcohol motifs (C(OH)–C–C–N with tert-alkyl or cyclic N) is 1. The van der Waals surface area contributed by atoms with Crippen LogP contribution in [0.2, 0.25) is 0 Å². The minimum absolute atomic E-state index is 0.0564. The first-order chi connectivity index (χ1) is 16.0. The lowest BCUT2D eigenvalue weighted by molar-refractivity contribution is -0.136. The maximum Gasteiger partial charge on any atom is 0.336 e. The van der Waals surface area contributed by atoms with E-state index in [4.69, 9.17) is 4.74 Å². The van der Waals surface area contributed by atoms with Gasteiger partial charge in [0, 0.05) is 38.8 Å². The zero-order valence-electron chi connectivity index (χ0n) is 18.2. The molecule has 2 aromatic rings. The largest absolute Gasteiger partial charge is 0.456 e. The minimum Gasteiger partial charge on any atom is -0.456 e. The summed E-state index contributed by atoms with van der Waals surface area (Å²) in [4.78, 5) is 38.9. The Kier molecular flexibility index (Phi) is 5.72. The molecule has 13 nitrogen and oxygen atoms in total. The molecule has 1 atom stereocenters. The molecular formula is C20H25N9O4. The van der Waals surface area contributed by atoms with Gasteiger partial charge in [-0.25, -0.2) is 14.6 Å². The highest BCUT2D eigenvalue weighted by molar-refractivity contribution is 5.92. The number of hydrogen-bond acceptors (Lipinski definition) is 10. The number of aliphatic hydroxyl groups excluding tert-OH is 1. The highest BCUT2D eigenvalue weighted by Gasteiger charge is 2.39. The molecular weight excluding hydrogens is 430 g/mol. The number of nitrogens with zero attached hydrogens (tertiary/aromatic N) is 9. The van der Waals surface area contributed by atoms with Crippen molar-refractivity contribution in [1.29, 1.82) is 0 Å². The number of carbonyl (C=O) groups excluding carboxylic acids is 2. The number of urea groups is 1. The Morgan fingerprint density at radius 3 is 2.61 bits per heavy atom. The second-order valence-electron chi connectivity index (χ2n) is 8.38. The molecule has 5 heterocycles. The molecule has 2 aromatic heterocycles. The first-order valence-electron chi connectivity index (χ1n) is 10.9. The number of ether oxygens (including phenoxy) is 1. The number of esters is 1. The van der Waals surface area contributed by atoms with Gasteiger partial charge in [0.2, 0.25) is 0 Å². The van der Waals surface area contributed by atoms with E-state index in [9.17, 15) is 14.7 Å². The highest BCUT2D eigenvalue weighted by Crippen LogP contribution is 2.28. The lowest BCUT2D eigenvalue weighted by atomic mass is 10.0. The SMILES string of the molecule is CC1=C(N2CCN(C3CCN(CC(O)c4cnc(-n5cnnn5)cn4)CC3)C2=O)COC1=O. The Balaban J connectivity index is 1.13. The van der Waals surface area contributed by atoms with Crippen molar-refractivity contribution < 1.29 is 19.4 Å². The smallest absolute Gasteiger partial charge is 0.336 e. The molecule has 1 N–H and O–H groups in total. The molecule has 5 rings (SSSR count). The summed E-state index contributed by atoms with van der Waals surface area (Å²) in [5, 5.41) is 21.5. The van der Waals surface area contributed by atoms with Gasteiger partial charge in [-0.05, 0) is 30.2 Å². The monoisotopic (exact) mass is 455 g/mol. The summed E-state index contributed by atoms with van der Waals surface area (Å²) in [6.07, 6.45) is 5.35. The Hall–Kier alpha value is -3.45. The average molecular weight is 455 g/mol. The first-order valence-corrected chi connectivity index (χ1v) is 10.9. The summed E-state index contributed by atoms with van der Waals surface area (Å²) < 4.78 is 6.45. The fourth-order valence-electron chi connectivity index (χ4n) is 4.53. The number of rotatable bonds is 6. The molecule has 0 bridgehead atoms. The second kappa shape index (κ2) is 8.83. The van der Waals surface area contributed by atoms with Gasteiger partial charge in [0.05, 0.1) is 29.4 Å². The normalized spacial score (nSPS) is 21.3. The van der Waals surface area contributed by atoms with E-state index in [1.54, 1.807) is 11.8 Å². The van der Waals surface area contributed by atoms with Crippen LogP contribution in [-0.4, -0.2) is 107 Å². The number of piperidine rings is 1. The molecule has 0 radical (unpaired) electrons. The van der Waals surface area contributed by atoms with Crippen LogP contribution in [0.3, 0.4) is 0 Å². The van der Waals surface area contributed by atoms with Gasteiger partial charge >= 0.3 is 12.0 Å². The van der Waals surface area contributed by atoms with E-state index < -0.39 is 6.10 Å². The molecule has 2 fully saturated rings. The quantitative estimate of drug-likeness (QED) is 0.567. The van der Waals surface area contributed by atoms with Crippen LogP contribution in [0.1, 0.15) is 31.6 Å². The fraction of sp³-hybridized carbons (Fsp3) is 0.550. The zero-order chi connectivity index (χ0) is 22.9. The molecule has 3 aliphatic rings. The van der Waals surface area contributed by atoms with Crippen LogP contribution in [0.25, 0.3) is 5.82 Å². The van der Waals surface area contributed by atoms with Gasteiger partial charge in [0.15, 0.2) is 5.82 Å². The molecule has 0 saturated carbocycles. The van der Waals surface area contributed by atoms with E-state index in [2.05, 4.69) is 30.4 Å². The van der Waals surface area contributed by atoms with Crippen LogP contribution in [-0.2, 0) is 9.53 Å². The molecule has 2 amide bonds. The van der Waals surface area contributed by atoms with E-state index >= 15 is 0 Å².